The van der Waals surface area contributed by atoms with Crippen LogP contribution in [-0.4, -0.2) is 23.2 Å². The molecule has 7 heteroatoms. The molecule has 0 aliphatic carbocycles. The Morgan fingerprint density at radius 2 is 1.60 bits per heavy atom. The molecule has 0 N–H and O–H groups in total. The van der Waals surface area contributed by atoms with Crippen LogP contribution in [0.15, 0.2) is 88.6 Å². The predicted molar refractivity (Wildman–Crippen MR) is 138 cm³/mol. The quantitative estimate of drug-likeness (QED) is 0.356. The van der Waals surface area contributed by atoms with Crippen molar-refractivity contribution in [3.63, 3.8) is 0 Å². The number of fused-ring (bicyclic) bond motifs is 2. The maximum absolute atomic E-state index is 13.5. The summed E-state index contributed by atoms with van der Waals surface area (Å²) in [5.41, 5.74) is 3.47. The summed E-state index contributed by atoms with van der Waals surface area (Å²) in [4.78, 5) is 33.1. The second-order valence-corrected chi connectivity index (χ2v) is 8.54. The molecular weight excluding hydrogens is 460 g/mol. The minimum absolute atomic E-state index is 0.140. The first-order chi connectivity index (χ1) is 16.9. The van der Waals surface area contributed by atoms with E-state index in [-0.39, 0.29) is 11.4 Å². The molecule has 0 saturated carbocycles. The van der Waals surface area contributed by atoms with Crippen LogP contribution in [0.5, 0.6) is 0 Å². The minimum Gasteiger partial charge on any atom is -0.328 e. The number of hydrogen-bond acceptors (Lipinski definition) is 5. The maximum Gasteiger partial charge on any atom is 0.277 e. The summed E-state index contributed by atoms with van der Waals surface area (Å²) in [6.45, 7) is 1.30. The lowest BCUT2D eigenvalue weighted by atomic mass is 9.98. The Hall–Kier alpha value is -4.47. The molecule has 0 amide bonds. The van der Waals surface area contributed by atoms with Crippen LogP contribution in [-0.2, 0) is 0 Å². The van der Waals surface area contributed by atoms with Crippen LogP contribution in [0.1, 0.15) is 28.4 Å². The number of nitriles is 1. The van der Waals surface area contributed by atoms with Crippen molar-refractivity contribution in [1.82, 2.24) is 4.57 Å². The predicted octanol–water partition coefficient (Wildman–Crippen LogP) is 5.95. The van der Waals surface area contributed by atoms with Gasteiger partial charge in [-0.3, -0.25) is 9.59 Å². The third-order valence-corrected chi connectivity index (χ3v) is 6.22. The van der Waals surface area contributed by atoms with Gasteiger partial charge in [-0.25, -0.2) is 9.56 Å². The van der Waals surface area contributed by atoms with Crippen molar-refractivity contribution < 1.29 is 4.79 Å². The summed E-state index contributed by atoms with van der Waals surface area (Å²) in [5.74, 6) is -0.224. The van der Waals surface area contributed by atoms with Crippen molar-refractivity contribution in [3.05, 3.63) is 111 Å². The first-order valence-corrected chi connectivity index (χ1v) is 11.3. The van der Waals surface area contributed by atoms with Gasteiger partial charge in [0.05, 0.1) is 11.4 Å². The van der Waals surface area contributed by atoms with Crippen LogP contribution in [0.2, 0.25) is 5.02 Å². The summed E-state index contributed by atoms with van der Waals surface area (Å²) >= 11 is 6.40. The fraction of sp³-hybridized carbons (Fsp3) is 0.0714. The van der Waals surface area contributed by atoms with E-state index in [0.29, 0.717) is 33.2 Å². The van der Waals surface area contributed by atoms with E-state index in [1.165, 1.54) is 6.92 Å². The molecule has 0 fully saturated rings. The van der Waals surface area contributed by atoms with E-state index in [4.69, 9.17) is 16.6 Å². The van der Waals surface area contributed by atoms with E-state index >= 15 is 0 Å². The van der Waals surface area contributed by atoms with Gasteiger partial charge in [-0.15, -0.1) is 0 Å². The molecular formula is C28H19ClN4O2. The van der Waals surface area contributed by atoms with Gasteiger partial charge in [0.15, 0.2) is 0 Å². The van der Waals surface area contributed by atoms with Crippen molar-refractivity contribution in [3.8, 4) is 17.2 Å². The molecule has 170 valence electrons. The van der Waals surface area contributed by atoms with Crippen molar-refractivity contribution in [2.75, 3.05) is 11.9 Å². The lowest BCUT2D eigenvalue weighted by Crippen LogP contribution is -2.32. The standard InChI is InChI=1S/C28H19ClN4O2/c1-17(34)33-27-26(24(22(16-30)28(33)35)18-9-5-3-6-10-18)31-25(19-11-7-4-8-12-19)21-15-20(29)13-14-23(21)32(27)2/h3-15H,1-2H3. The number of pyridine rings is 1. The molecule has 3 aromatic carbocycles. The summed E-state index contributed by atoms with van der Waals surface area (Å²) in [5, 5.41) is 10.6. The van der Waals surface area contributed by atoms with Crippen LogP contribution in [0.25, 0.3) is 11.1 Å². The van der Waals surface area contributed by atoms with E-state index < -0.39 is 11.5 Å². The Bertz CT molecular complexity index is 1620. The average Bonchev–Trinajstić information content (AvgIpc) is 2.98. The minimum atomic E-state index is -0.682. The van der Waals surface area contributed by atoms with Gasteiger partial charge in [0.25, 0.3) is 5.56 Å². The van der Waals surface area contributed by atoms with Gasteiger partial charge in [0.2, 0.25) is 5.91 Å². The largest absolute Gasteiger partial charge is 0.328 e. The number of nitrogens with zero attached hydrogens (tertiary/aromatic N) is 4. The Kier molecular flexibility index (Phi) is 5.56. The van der Waals surface area contributed by atoms with Gasteiger partial charge in [-0.05, 0) is 23.8 Å². The number of carbonyl (C=O) groups is 1. The molecule has 0 radical (unpaired) electrons. The molecule has 5 rings (SSSR count). The topological polar surface area (TPSA) is 78.5 Å². The summed E-state index contributed by atoms with van der Waals surface area (Å²) < 4.78 is 1.02. The van der Waals surface area contributed by atoms with Crippen LogP contribution >= 0.6 is 11.6 Å². The summed E-state index contributed by atoms with van der Waals surface area (Å²) in [6.07, 6.45) is 0. The van der Waals surface area contributed by atoms with E-state index in [2.05, 4.69) is 0 Å². The number of aromatic nitrogens is 1. The first kappa shape index (κ1) is 22.3. The highest BCUT2D eigenvalue weighted by molar-refractivity contribution is 6.32. The zero-order valence-corrected chi connectivity index (χ0v) is 19.7. The Balaban J connectivity index is 2.03. The fourth-order valence-electron chi connectivity index (χ4n) is 4.44. The lowest BCUT2D eigenvalue weighted by molar-refractivity contribution is 0.0934. The number of benzene rings is 3. The van der Waals surface area contributed by atoms with Crippen molar-refractivity contribution in [2.24, 2.45) is 4.99 Å². The average molecular weight is 479 g/mol. The molecule has 35 heavy (non-hydrogen) atoms. The molecule has 0 unspecified atom stereocenters. The maximum atomic E-state index is 13.5. The van der Waals surface area contributed by atoms with Crippen LogP contribution in [0, 0.1) is 11.3 Å². The SMILES string of the molecule is CC(=O)n1c2c(c(-c3ccccc3)c(C#N)c1=O)N=C(c1ccccc1)c1cc(Cl)ccc1N2C. The molecule has 1 aliphatic heterocycles. The third-order valence-electron chi connectivity index (χ3n) is 5.98. The van der Waals surface area contributed by atoms with Crippen LogP contribution in [0.4, 0.5) is 17.2 Å². The molecule has 6 nitrogen and oxygen atoms in total. The molecule has 4 aromatic rings. The highest BCUT2D eigenvalue weighted by atomic mass is 35.5. The Morgan fingerprint density at radius 1 is 0.971 bits per heavy atom. The fourth-order valence-corrected chi connectivity index (χ4v) is 4.61. The van der Waals surface area contributed by atoms with E-state index in [9.17, 15) is 14.9 Å². The van der Waals surface area contributed by atoms with Crippen LogP contribution < -0.4 is 10.5 Å². The number of anilines is 2. The molecule has 0 saturated heterocycles. The smallest absolute Gasteiger partial charge is 0.277 e. The molecule has 0 atom stereocenters. The third kappa shape index (κ3) is 3.63. The van der Waals surface area contributed by atoms with Gasteiger partial charge in [-0.1, -0.05) is 72.3 Å². The monoisotopic (exact) mass is 478 g/mol. The Labute approximate surface area is 207 Å². The van der Waals surface area contributed by atoms with Crippen molar-refractivity contribution >= 4 is 40.4 Å². The van der Waals surface area contributed by atoms with Gasteiger partial charge in [-0.2, -0.15) is 5.26 Å². The van der Waals surface area contributed by atoms with Gasteiger partial charge in [0.1, 0.15) is 23.1 Å². The second kappa shape index (κ2) is 8.71. The lowest BCUT2D eigenvalue weighted by Gasteiger charge is -2.25. The molecule has 0 spiro atoms. The van der Waals surface area contributed by atoms with Crippen LogP contribution in [0.3, 0.4) is 0 Å². The molecule has 2 heterocycles. The number of rotatable bonds is 2. The molecule has 0 bridgehead atoms. The Morgan fingerprint density at radius 3 is 2.20 bits per heavy atom. The second-order valence-electron chi connectivity index (χ2n) is 8.11. The zero-order chi connectivity index (χ0) is 24.7. The molecule has 1 aromatic heterocycles. The highest BCUT2D eigenvalue weighted by Gasteiger charge is 2.31. The number of halogens is 1. The van der Waals surface area contributed by atoms with Gasteiger partial charge < -0.3 is 4.90 Å². The van der Waals surface area contributed by atoms with Crippen molar-refractivity contribution in [2.45, 2.75) is 6.92 Å². The van der Waals surface area contributed by atoms with Gasteiger partial charge in [0, 0.05) is 35.7 Å². The zero-order valence-electron chi connectivity index (χ0n) is 19.0. The number of hydrogen-bond donors (Lipinski definition) is 0. The summed E-state index contributed by atoms with van der Waals surface area (Å²) in [7, 11) is 1.77. The van der Waals surface area contributed by atoms with E-state index in [1.807, 2.05) is 78.9 Å². The van der Waals surface area contributed by atoms with Crippen molar-refractivity contribution in [1.29, 1.82) is 5.26 Å². The number of aliphatic imine (C=N–C) groups is 1. The highest BCUT2D eigenvalue weighted by Crippen LogP contribution is 2.45. The van der Waals surface area contributed by atoms with E-state index in [1.54, 1.807) is 18.0 Å². The molecule has 1 aliphatic rings. The van der Waals surface area contributed by atoms with E-state index in [0.717, 1.165) is 15.7 Å². The normalized spacial score (nSPS) is 12.2. The summed E-state index contributed by atoms with van der Waals surface area (Å²) in [6, 6.07) is 26.2. The van der Waals surface area contributed by atoms with Gasteiger partial charge >= 0.3 is 0 Å². The first-order valence-electron chi connectivity index (χ1n) is 10.9. The number of carbonyl (C=O) groups excluding carboxylic acids is 1.